The summed E-state index contributed by atoms with van der Waals surface area (Å²) in [5.74, 6) is 0. The molecule has 110 valence electrons. The van der Waals surface area contributed by atoms with E-state index in [4.69, 9.17) is 5.73 Å². The number of rotatable bonds is 2. The fourth-order valence-electron chi connectivity index (χ4n) is 2.69. The summed E-state index contributed by atoms with van der Waals surface area (Å²) in [6, 6.07) is 3.97. The van der Waals surface area contributed by atoms with Crippen LogP contribution in [0, 0.1) is 0 Å². The maximum atomic E-state index is 12.7. The van der Waals surface area contributed by atoms with E-state index in [1.807, 2.05) is 0 Å². The Kier molecular flexibility index (Phi) is 4.20. The number of carbonyl (C=O) groups excluding carboxylic acids is 1. The van der Waals surface area contributed by atoms with E-state index in [-0.39, 0.29) is 11.7 Å². The molecule has 1 aliphatic carbocycles. The molecule has 3 nitrogen and oxygen atoms in total. The number of halogens is 3. The Balaban J connectivity index is 2.32. The molecular weight excluding hydrogens is 269 g/mol. The number of urea groups is 1. The van der Waals surface area contributed by atoms with Crippen LogP contribution in [0.4, 0.5) is 23.7 Å². The van der Waals surface area contributed by atoms with Crippen molar-refractivity contribution in [1.29, 1.82) is 0 Å². The molecule has 1 aliphatic rings. The number of anilines is 1. The fraction of sp³-hybridized carbons (Fsp3) is 0.500. The van der Waals surface area contributed by atoms with Crippen LogP contribution in [0.15, 0.2) is 24.3 Å². The highest BCUT2D eigenvalue weighted by Gasteiger charge is 2.32. The molecule has 1 fully saturated rings. The molecule has 0 spiro atoms. The van der Waals surface area contributed by atoms with Gasteiger partial charge in [-0.15, -0.1) is 0 Å². The van der Waals surface area contributed by atoms with Gasteiger partial charge in [-0.25, -0.2) is 4.79 Å². The fourth-order valence-corrected chi connectivity index (χ4v) is 2.69. The SMILES string of the molecule is NC(=O)N(c1cccc(C(F)(F)F)c1)C1CCCCC1. The van der Waals surface area contributed by atoms with E-state index in [0.717, 1.165) is 44.2 Å². The molecule has 20 heavy (non-hydrogen) atoms. The van der Waals surface area contributed by atoms with Gasteiger partial charge in [0.25, 0.3) is 0 Å². The van der Waals surface area contributed by atoms with Crippen LogP contribution in [0.5, 0.6) is 0 Å². The zero-order valence-electron chi connectivity index (χ0n) is 11.0. The summed E-state index contributed by atoms with van der Waals surface area (Å²) in [6.45, 7) is 0. The van der Waals surface area contributed by atoms with Crippen LogP contribution in [-0.2, 0) is 6.18 Å². The van der Waals surface area contributed by atoms with Gasteiger partial charge in [-0.3, -0.25) is 4.90 Å². The van der Waals surface area contributed by atoms with Crippen molar-refractivity contribution in [2.75, 3.05) is 4.90 Å². The lowest BCUT2D eigenvalue weighted by atomic mass is 9.94. The average Bonchev–Trinajstić information content (AvgIpc) is 2.39. The van der Waals surface area contributed by atoms with E-state index in [1.54, 1.807) is 0 Å². The largest absolute Gasteiger partial charge is 0.416 e. The van der Waals surface area contributed by atoms with Crippen LogP contribution in [0.3, 0.4) is 0 Å². The Labute approximate surface area is 115 Å². The van der Waals surface area contributed by atoms with E-state index < -0.39 is 17.8 Å². The lowest BCUT2D eigenvalue weighted by Gasteiger charge is -2.33. The highest BCUT2D eigenvalue weighted by atomic mass is 19.4. The minimum absolute atomic E-state index is 0.107. The average molecular weight is 286 g/mol. The summed E-state index contributed by atoms with van der Waals surface area (Å²) in [5, 5.41) is 0. The molecular formula is C14H17F3N2O. The van der Waals surface area contributed by atoms with Gasteiger partial charge < -0.3 is 5.73 Å². The third-order valence-electron chi connectivity index (χ3n) is 3.63. The molecule has 0 unspecified atom stereocenters. The second-order valence-electron chi connectivity index (χ2n) is 5.05. The van der Waals surface area contributed by atoms with Gasteiger partial charge in [-0.2, -0.15) is 13.2 Å². The normalized spacial score (nSPS) is 16.9. The molecule has 2 amide bonds. The first-order valence-corrected chi connectivity index (χ1v) is 6.65. The second-order valence-corrected chi connectivity index (χ2v) is 5.05. The Morgan fingerprint density at radius 1 is 1.20 bits per heavy atom. The van der Waals surface area contributed by atoms with Crippen molar-refractivity contribution in [3.05, 3.63) is 29.8 Å². The summed E-state index contributed by atoms with van der Waals surface area (Å²) >= 11 is 0. The number of hydrogen-bond acceptors (Lipinski definition) is 1. The van der Waals surface area contributed by atoms with Crippen molar-refractivity contribution in [3.8, 4) is 0 Å². The van der Waals surface area contributed by atoms with Gasteiger partial charge in [0.05, 0.1) is 5.56 Å². The first-order valence-electron chi connectivity index (χ1n) is 6.65. The first kappa shape index (κ1) is 14.7. The number of primary amides is 1. The van der Waals surface area contributed by atoms with Crippen molar-refractivity contribution >= 4 is 11.7 Å². The molecule has 0 aliphatic heterocycles. The van der Waals surface area contributed by atoms with Gasteiger partial charge in [0, 0.05) is 11.7 Å². The van der Waals surface area contributed by atoms with Gasteiger partial charge >= 0.3 is 12.2 Å². The van der Waals surface area contributed by atoms with Gasteiger partial charge in [-0.1, -0.05) is 25.3 Å². The summed E-state index contributed by atoms with van der Waals surface area (Å²) in [7, 11) is 0. The van der Waals surface area contributed by atoms with Crippen molar-refractivity contribution < 1.29 is 18.0 Å². The molecule has 0 saturated heterocycles. The van der Waals surface area contributed by atoms with Crippen molar-refractivity contribution in [2.24, 2.45) is 5.73 Å². The summed E-state index contributed by atoms with van der Waals surface area (Å²) in [6.07, 6.45) is 0.150. The Morgan fingerprint density at radius 3 is 2.40 bits per heavy atom. The van der Waals surface area contributed by atoms with Gasteiger partial charge in [0.1, 0.15) is 0 Å². The topological polar surface area (TPSA) is 46.3 Å². The van der Waals surface area contributed by atoms with E-state index in [1.165, 1.54) is 17.0 Å². The number of benzene rings is 1. The number of hydrogen-bond donors (Lipinski definition) is 1. The Morgan fingerprint density at radius 2 is 1.85 bits per heavy atom. The first-order chi connectivity index (χ1) is 9.39. The Hall–Kier alpha value is -1.72. The van der Waals surface area contributed by atoms with Crippen LogP contribution >= 0.6 is 0 Å². The van der Waals surface area contributed by atoms with E-state index in [0.29, 0.717) is 0 Å². The standard InChI is InChI=1S/C14H17F3N2O/c15-14(16,17)10-5-4-8-12(9-10)19(13(18)20)11-6-2-1-3-7-11/h4-5,8-9,11H,1-3,6-7H2,(H2,18,20). The molecule has 0 bridgehead atoms. The molecule has 6 heteroatoms. The van der Waals surface area contributed by atoms with Gasteiger partial charge in [-0.05, 0) is 31.0 Å². The van der Waals surface area contributed by atoms with E-state index in [2.05, 4.69) is 0 Å². The predicted octanol–water partition coefficient (Wildman–Crippen LogP) is 3.92. The highest BCUT2D eigenvalue weighted by molar-refractivity contribution is 5.91. The smallest absolute Gasteiger partial charge is 0.351 e. The van der Waals surface area contributed by atoms with Crippen molar-refractivity contribution in [3.63, 3.8) is 0 Å². The Bertz CT molecular complexity index is 482. The molecule has 1 saturated carbocycles. The molecule has 2 N–H and O–H groups in total. The molecule has 0 aromatic heterocycles. The molecule has 0 atom stereocenters. The van der Waals surface area contributed by atoms with Crippen LogP contribution in [-0.4, -0.2) is 12.1 Å². The van der Waals surface area contributed by atoms with E-state index in [9.17, 15) is 18.0 Å². The highest BCUT2D eigenvalue weighted by Crippen LogP contribution is 2.33. The quantitative estimate of drug-likeness (QED) is 0.880. The van der Waals surface area contributed by atoms with Crippen LogP contribution in [0.25, 0.3) is 0 Å². The van der Waals surface area contributed by atoms with Gasteiger partial charge in [0.2, 0.25) is 0 Å². The summed E-state index contributed by atoms with van der Waals surface area (Å²) in [4.78, 5) is 12.9. The number of nitrogens with zero attached hydrogens (tertiary/aromatic N) is 1. The predicted molar refractivity (Wildman–Crippen MR) is 70.4 cm³/mol. The van der Waals surface area contributed by atoms with Crippen LogP contribution in [0.2, 0.25) is 0 Å². The van der Waals surface area contributed by atoms with Crippen molar-refractivity contribution in [1.82, 2.24) is 0 Å². The van der Waals surface area contributed by atoms with Crippen LogP contribution in [0.1, 0.15) is 37.7 Å². The third kappa shape index (κ3) is 3.23. The number of alkyl halides is 3. The molecule has 0 heterocycles. The number of carbonyl (C=O) groups is 1. The molecule has 1 aromatic rings. The minimum Gasteiger partial charge on any atom is -0.351 e. The van der Waals surface area contributed by atoms with Crippen molar-refractivity contribution in [2.45, 2.75) is 44.3 Å². The zero-order valence-corrected chi connectivity index (χ0v) is 11.0. The zero-order chi connectivity index (χ0) is 14.8. The number of nitrogens with two attached hydrogens (primary N) is 1. The maximum Gasteiger partial charge on any atom is 0.416 e. The lowest BCUT2D eigenvalue weighted by molar-refractivity contribution is -0.137. The van der Waals surface area contributed by atoms with Crippen LogP contribution < -0.4 is 10.6 Å². The number of amides is 2. The second kappa shape index (κ2) is 5.73. The van der Waals surface area contributed by atoms with E-state index >= 15 is 0 Å². The monoisotopic (exact) mass is 286 g/mol. The minimum atomic E-state index is -4.42. The molecule has 1 aromatic carbocycles. The van der Waals surface area contributed by atoms with Gasteiger partial charge in [0.15, 0.2) is 0 Å². The molecule has 0 radical (unpaired) electrons. The molecule has 2 rings (SSSR count). The summed E-state index contributed by atoms with van der Waals surface area (Å²) in [5.41, 5.74) is 4.82. The lowest BCUT2D eigenvalue weighted by Crippen LogP contribution is -2.44. The maximum absolute atomic E-state index is 12.7. The summed E-state index contributed by atoms with van der Waals surface area (Å²) < 4.78 is 38.2. The third-order valence-corrected chi connectivity index (χ3v) is 3.63.